The Balaban J connectivity index is 0.000000166. The van der Waals surface area contributed by atoms with E-state index in [1.54, 1.807) is 11.3 Å². The number of hydrogen-bond donors (Lipinski definition) is 0. The molecule has 0 radical (unpaired) electrons. The Labute approximate surface area is 234 Å². The van der Waals surface area contributed by atoms with Gasteiger partial charge in [0.05, 0.1) is 9.02 Å². The normalized spacial score (nSPS) is 10.1. The van der Waals surface area contributed by atoms with E-state index in [2.05, 4.69) is 89.8 Å². The molecule has 0 saturated heterocycles. The standard InChI is InChI=1S/2C8H8S2.C6H8S.C5H7NS.CH4/c1-5-3-7-8(9-5)4-6(2)10-7;1-5-3-7-4-6(2)10-8(7)9-5;1-5-3-4-6(2)7-5;1-4-3-6-5(2)7-4;/h2*3-4H,1-2H3;3-4H,1-2H3;3H,1-2H3;1H4. The van der Waals surface area contributed by atoms with Crippen LogP contribution in [-0.2, 0) is 0 Å². The van der Waals surface area contributed by atoms with E-state index in [0.29, 0.717) is 0 Å². The predicted octanol–water partition coefficient (Wildman–Crippen LogP) is 11.9. The van der Waals surface area contributed by atoms with E-state index in [1.807, 2.05) is 69.8 Å². The zero-order valence-corrected chi connectivity index (χ0v) is 25.8. The van der Waals surface area contributed by atoms with Gasteiger partial charge in [-0.2, -0.15) is 0 Å². The molecule has 0 unspecified atom stereocenters. The average Bonchev–Trinajstić information content (AvgIpc) is 3.54. The molecule has 0 bridgehead atoms. The monoisotopic (exact) mass is 577 g/mol. The zero-order valence-electron chi connectivity index (χ0n) is 20.9. The van der Waals surface area contributed by atoms with Crippen LogP contribution in [0.2, 0.25) is 0 Å². The number of aryl methyl sites for hydroxylation is 8. The number of thiophene rings is 5. The third-order valence-electron chi connectivity index (χ3n) is 4.53. The fraction of sp³-hybridized carbons (Fsp3) is 0.321. The third-order valence-corrected chi connectivity index (χ3v) is 10.6. The first-order chi connectivity index (χ1) is 16.1. The van der Waals surface area contributed by atoms with Gasteiger partial charge in [0.1, 0.15) is 0 Å². The van der Waals surface area contributed by atoms with Crippen LogP contribution in [0.1, 0.15) is 46.6 Å². The predicted molar refractivity (Wildman–Crippen MR) is 170 cm³/mol. The van der Waals surface area contributed by atoms with Gasteiger partial charge in [-0.15, -0.1) is 68.0 Å². The number of thiazole rings is 1. The summed E-state index contributed by atoms with van der Waals surface area (Å²) in [5.74, 6) is 0. The van der Waals surface area contributed by atoms with Crippen LogP contribution in [0.5, 0.6) is 0 Å². The van der Waals surface area contributed by atoms with E-state index in [0.717, 1.165) is 5.01 Å². The van der Waals surface area contributed by atoms with Crippen molar-refractivity contribution in [2.75, 3.05) is 0 Å². The van der Waals surface area contributed by atoms with E-state index in [1.165, 1.54) is 52.9 Å². The summed E-state index contributed by atoms with van der Waals surface area (Å²) < 4.78 is 4.36. The maximum atomic E-state index is 4.03. The van der Waals surface area contributed by atoms with E-state index >= 15 is 0 Å². The molecule has 0 atom stereocenters. The molecule has 0 aliphatic carbocycles. The lowest BCUT2D eigenvalue weighted by molar-refractivity contribution is 1.28. The van der Waals surface area contributed by atoms with Gasteiger partial charge in [0.2, 0.25) is 0 Å². The van der Waals surface area contributed by atoms with Crippen molar-refractivity contribution in [1.82, 2.24) is 4.98 Å². The summed E-state index contributed by atoms with van der Waals surface area (Å²) in [6, 6.07) is 13.3. The largest absolute Gasteiger partial charge is 0.250 e. The van der Waals surface area contributed by atoms with Gasteiger partial charge in [-0.25, -0.2) is 4.98 Å². The van der Waals surface area contributed by atoms with Crippen molar-refractivity contribution in [2.24, 2.45) is 0 Å². The van der Waals surface area contributed by atoms with Crippen molar-refractivity contribution in [3.63, 3.8) is 0 Å². The third kappa shape index (κ3) is 9.56. The van der Waals surface area contributed by atoms with E-state index in [9.17, 15) is 0 Å². The highest BCUT2D eigenvalue weighted by molar-refractivity contribution is 7.38. The molecule has 35 heavy (non-hydrogen) atoms. The Kier molecular flexibility index (Phi) is 11.8. The van der Waals surface area contributed by atoms with Gasteiger partial charge in [-0.05, 0) is 91.8 Å². The maximum absolute atomic E-state index is 4.03. The average molecular weight is 578 g/mol. The number of aromatic nitrogens is 1. The minimum atomic E-state index is 0. The molecule has 188 valence electrons. The fourth-order valence-corrected chi connectivity index (χ4v) is 9.27. The van der Waals surface area contributed by atoms with Crippen LogP contribution < -0.4 is 0 Å². The summed E-state index contributed by atoms with van der Waals surface area (Å²) in [7, 11) is 0. The molecule has 0 N–H and O–H groups in total. The van der Waals surface area contributed by atoms with E-state index < -0.39 is 0 Å². The summed E-state index contributed by atoms with van der Waals surface area (Å²) in [6.07, 6.45) is 1.89. The molecule has 0 amide bonds. The molecule has 0 saturated carbocycles. The number of fused-ring (bicyclic) bond motifs is 2. The van der Waals surface area contributed by atoms with Crippen molar-refractivity contribution in [3.8, 4) is 0 Å². The number of hydrogen-bond acceptors (Lipinski definition) is 7. The molecule has 6 aromatic heterocycles. The lowest BCUT2D eigenvalue weighted by Gasteiger charge is -1.74. The van der Waals surface area contributed by atoms with Crippen molar-refractivity contribution in [1.29, 1.82) is 0 Å². The highest BCUT2D eigenvalue weighted by Gasteiger charge is 2.01. The maximum Gasteiger partial charge on any atom is 0.0896 e. The minimum absolute atomic E-state index is 0. The molecule has 6 rings (SSSR count). The molecule has 0 fully saturated rings. The highest BCUT2D eigenvalue weighted by Crippen LogP contribution is 2.33. The van der Waals surface area contributed by atoms with Gasteiger partial charge in [0, 0.05) is 55.1 Å². The zero-order chi connectivity index (χ0) is 24.8. The Morgan fingerprint density at radius 1 is 0.486 bits per heavy atom. The lowest BCUT2D eigenvalue weighted by Crippen LogP contribution is -1.57. The summed E-state index contributed by atoms with van der Waals surface area (Å²) >= 11 is 11.1. The van der Waals surface area contributed by atoms with E-state index in [4.69, 9.17) is 0 Å². The van der Waals surface area contributed by atoms with Crippen LogP contribution in [-0.4, -0.2) is 4.98 Å². The summed E-state index contributed by atoms with van der Waals surface area (Å²) in [6.45, 7) is 17.0. The molecule has 1 nitrogen and oxygen atoms in total. The molecule has 6 aromatic rings. The van der Waals surface area contributed by atoms with E-state index in [-0.39, 0.29) is 7.43 Å². The van der Waals surface area contributed by atoms with Gasteiger partial charge in [-0.3, -0.25) is 0 Å². The number of rotatable bonds is 0. The summed E-state index contributed by atoms with van der Waals surface area (Å²) in [4.78, 5) is 13.8. The first-order valence-corrected chi connectivity index (χ1v) is 15.8. The quantitative estimate of drug-likeness (QED) is 0.175. The Morgan fingerprint density at radius 3 is 1.23 bits per heavy atom. The van der Waals surface area contributed by atoms with Gasteiger partial charge in [0.25, 0.3) is 0 Å². The van der Waals surface area contributed by atoms with Gasteiger partial charge in [0.15, 0.2) is 0 Å². The second-order valence-electron chi connectivity index (χ2n) is 8.05. The topological polar surface area (TPSA) is 12.9 Å². The first-order valence-electron chi connectivity index (χ1n) is 10.9. The highest BCUT2D eigenvalue weighted by atomic mass is 32.2. The van der Waals surface area contributed by atoms with Crippen LogP contribution in [0, 0.1) is 55.4 Å². The molecule has 6 heterocycles. The van der Waals surface area contributed by atoms with Crippen molar-refractivity contribution in [2.45, 2.75) is 62.8 Å². The first kappa shape index (κ1) is 29.9. The second-order valence-corrected chi connectivity index (χ2v) is 16.3. The molecule has 0 aliphatic heterocycles. The Morgan fingerprint density at radius 2 is 0.943 bits per heavy atom. The second kappa shape index (κ2) is 13.8. The molecule has 0 aliphatic rings. The van der Waals surface area contributed by atoms with Crippen LogP contribution in [0.4, 0.5) is 0 Å². The van der Waals surface area contributed by atoms with Crippen LogP contribution >= 0.6 is 68.0 Å². The molecular weight excluding hydrogens is 543 g/mol. The Hall–Kier alpha value is -1.35. The summed E-state index contributed by atoms with van der Waals surface area (Å²) in [5.41, 5.74) is 0. The smallest absolute Gasteiger partial charge is 0.0896 e. The van der Waals surface area contributed by atoms with Crippen molar-refractivity contribution >= 4 is 86.8 Å². The SMILES string of the molecule is C.Cc1cc2cc(C)sc2s1.Cc1cc2sc(C)cc2s1.Cc1ccc(C)s1.Cc1cnc(C)s1. The van der Waals surface area contributed by atoms with Crippen molar-refractivity contribution in [3.05, 3.63) is 81.7 Å². The van der Waals surface area contributed by atoms with Gasteiger partial charge < -0.3 is 0 Å². The van der Waals surface area contributed by atoms with Gasteiger partial charge >= 0.3 is 0 Å². The molecule has 0 spiro atoms. The minimum Gasteiger partial charge on any atom is -0.250 e. The fourth-order valence-electron chi connectivity index (χ4n) is 3.19. The Bertz CT molecular complexity index is 1180. The lowest BCUT2D eigenvalue weighted by atomic mass is 10.3. The molecular formula is C28H35NS6. The number of nitrogens with zero attached hydrogens (tertiary/aromatic N) is 1. The molecule has 7 heteroatoms. The van der Waals surface area contributed by atoms with Crippen molar-refractivity contribution < 1.29 is 0 Å². The van der Waals surface area contributed by atoms with Crippen LogP contribution in [0.3, 0.4) is 0 Å². The molecule has 0 aromatic carbocycles. The summed E-state index contributed by atoms with van der Waals surface area (Å²) in [5, 5.41) is 2.57. The van der Waals surface area contributed by atoms with Crippen LogP contribution in [0.25, 0.3) is 18.8 Å². The van der Waals surface area contributed by atoms with Gasteiger partial charge in [-0.1, -0.05) is 7.43 Å². The van der Waals surface area contributed by atoms with Crippen LogP contribution in [0.15, 0.2) is 42.6 Å².